The van der Waals surface area contributed by atoms with Gasteiger partial charge in [-0.2, -0.15) is 0 Å². The average Bonchev–Trinajstić information content (AvgIpc) is 1.54. The molecule has 0 aromatic carbocycles. The molecule has 0 aliphatic carbocycles. The Morgan fingerprint density at radius 2 is 0.571 bits per heavy atom. The third kappa shape index (κ3) is 367. The summed E-state index contributed by atoms with van der Waals surface area (Å²) in [6, 6.07) is 0. The van der Waals surface area contributed by atoms with E-state index in [1.54, 1.807) is 0 Å². The first-order valence-electron chi connectivity index (χ1n) is 1.50. The van der Waals surface area contributed by atoms with E-state index in [-0.39, 0.29) is 38.7 Å². The van der Waals surface area contributed by atoms with Crippen molar-refractivity contribution >= 4 is 78.7 Å². The van der Waals surface area contributed by atoms with Gasteiger partial charge in [-0.15, -0.1) is 0 Å². The molecule has 2 radical (unpaired) electrons. The molecule has 0 saturated heterocycles. The number of rotatable bonds is 0. The Morgan fingerprint density at radius 1 is 0.571 bits per heavy atom. The van der Waals surface area contributed by atoms with Gasteiger partial charge in [0.2, 0.25) is 0 Å². The minimum absolute atomic E-state index is 0. The van der Waals surface area contributed by atoms with Gasteiger partial charge < -0.3 is 0 Å². The third-order valence-corrected chi connectivity index (χ3v) is 0. The largest absolute Gasteiger partial charge is 0 e. The van der Waals surface area contributed by atoms with Gasteiger partial charge in [-0.1, -0.05) is 0 Å². The van der Waals surface area contributed by atoms with Crippen molar-refractivity contribution in [3.63, 3.8) is 0 Å². The van der Waals surface area contributed by atoms with Crippen LogP contribution in [0.3, 0.4) is 0 Å². The monoisotopic (exact) mass is 794 g/mol. The Balaban J connectivity index is -0.0000000270. The quantitative estimate of drug-likeness (QED) is 0.215. The molecule has 9 nitrogen and oxygen atoms in total. The smallest absolute Gasteiger partial charge is 0 e. The second-order valence-electron chi connectivity index (χ2n) is 0.612. The summed E-state index contributed by atoms with van der Waals surface area (Å²) in [6.45, 7) is 0. The zero-order valence-electron chi connectivity index (χ0n) is 6.01. The Kier molecular flexibility index (Phi) is 53.4. The minimum Gasteiger partial charge on any atom is 0 e. The van der Waals surface area contributed by atoms with E-state index in [4.69, 9.17) is 30.1 Å². The molecule has 0 spiro atoms. The van der Waals surface area contributed by atoms with Gasteiger partial charge in [0.1, 0.15) is 0 Å². The molecule has 0 unspecified atom stereocenters. The Bertz CT molecular complexity index is 118. The van der Waals surface area contributed by atoms with Gasteiger partial charge in [0.25, 0.3) is 0 Å². The van der Waals surface area contributed by atoms with Gasteiger partial charge in [0.15, 0.2) is 0 Å². The van der Waals surface area contributed by atoms with E-state index in [1.807, 2.05) is 0 Å². The number of hydrogen-bond donors (Lipinski definition) is 0. The van der Waals surface area contributed by atoms with Crippen LogP contribution in [0, 0.1) is 0 Å². The minimum atomic E-state index is -4.11. The molecular formula is H2GeO9Te3W-6. The second-order valence-corrected chi connectivity index (χ2v) is 4.11. The topological polar surface area (TPSA) is 190 Å². The second kappa shape index (κ2) is 24.8. The molecule has 0 fully saturated rings. The van der Waals surface area contributed by atoms with Crippen LogP contribution in [0.5, 0.6) is 0 Å². The Labute approximate surface area is 128 Å². The van der Waals surface area contributed by atoms with Gasteiger partial charge in [-0.3, -0.25) is 0 Å². The maximum atomic E-state index is 8.59. The van der Waals surface area contributed by atoms with Crippen molar-refractivity contribution in [2.45, 2.75) is 0 Å². The van der Waals surface area contributed by atoms with Crippen molar-refractivity contribution in [3.8, 4) is 0 Å². The van der Waals surface area contributed by atoms with Gasteiger partial charge in [-0.25, -0.2) is 0 Å². The summed E-state index contributed by atoms with van der Waals surface area (Å²) >= 11 is -12.3. The molecule has 0 aromatic heterocycles. The van der Waals surface area contributed by atoms with Crippen molar-refractivity contribution < 1.29 is 51.2 Å². The van der Waals surface area contributed by atoms with Crippen molar-refractivity contribution in [2.24, 2.45) is 0 Å². The molecule has 0 N–H and O–H groups in total. The fourth-order valence-electron chi connectivity index (χ4n) is 0. The van der Waals surface area contributed by atoms with Crippen LogP contribution in [0.2, 0.25) is 0 Å². The van der Waals surface area contributed by atoms with E-state index in [0.29, 0.717) is 0 Å². The average molecular weight is 785 g/mol. The summed E-state index contributed by atoms with van der Waals surface area (Å²) in [6.07, 6.45) is 0. The summed E-state index contributed by atoms with van der Waals surface area (Å²) in [5.41, 5.74) is 0. The molecule has 14 heteroatoms. The van der Waals surface area contributed by atoms with Crippen LogP contribution in [-0.4, -0.2) is 78.7 Å². The van der Waals surface area contributed by atoms with Gasteiger partial charge in [0, 0.05) is 21.1 Å². The first-order valence-corrected chi connectivity index (χ1v) is 10.1. The standard InChI is InChI=1S/GeH2.3H2O3Te.W/c;3*1-4(2)3;/h1H2;3*(H2,1,2,3);/p-6. The summed E-state index contributed by atoms with van der Waals surface area (Å²) < 4.78 is 77.3. The van der Waals surface area contributed by atoms with Gasteiger partial charge >= 0.3 is 109 Å². The molecule has 0 amide bonds. The molecule has 14 heavy (non-hydrogen) atoms. The molecule has 0 atom stereocenters. The van der Waals surface area contributed by atoms with E-state index in [9.17, 15) is 0 Å². The summed E-state index contributed by atoms with van der Waals surface area (Å²) in [7, 11) is 0. The van der Waals surface area contributed by atoms with E-state index < -0.39 is 61.1 Å². The molecule has 0 bridgehead atoms. The molecule has 0 aliphatic rings. The van der Waals surface area contributed by atoms with Crippen LogP contribution in [0.25, 0.3) is 0 Å². The maximum absolute atomic E-state index is 8.59. The maximum Gasteiger partial charge on any atom is 0 e. The van der Waals surface area contributed by atoms with Crippen LogP contribution in [0.1, 0.15) is 0 Å². The van der Waals surface area contributed by atoms with Crippen LogP contribution in [-0.2, 0) is 30.4 Å². The predicted octanol–water partition coefficient (Wildman–Crippen LogP) is -9.55. The fourth-order valence-corrected chi connectivity index (χ4v) is 0. The normalized spacial score (nSPS) is 7.50. The predicted molar refractivity (Wildman–Crippen MR) is 27.9 cm³/mol. The third-order valence-electron chi connectivity index (χ3n) is 0. The van der Waals surface area contributed by atoms with E-state index in [1.165, 1.54) is 0 Å². The van der Waals surface area contributed by atoms with Gasteiger partial charge in [0.05, 0.1) is 0 Å². The fraction of sp³-hybridized carbons (Fsp3) is 0. The first-order chi connectivity index (χ1) is 5.20. The molecule has 90 valence electrons. The summed E-state index contributed by atoms with van der Waals surface area (Å²) in [4.78, 5) is 0. The molecule has 0 rings (SSSR count). The molecule has 0 saturated carbocycles. The van der Waals surface area contributed by atoms with Crippen LogP contribution >= 0.6 is 0 Å². The SMILES string of the molecule is O=[Te]([O-])[O-].O=[Te]([O-])[O-].O=[Te]([O-])[O-].[GeH2].[W]. The first kappa shape index (κ1) is 30.1. The van der Waals surface area contributed by atoms with E-state index >= 15 is 0 Å². The summed E-state index contributed by atoms with van der Waals surface area (Å²) in [5, 5.41) is 0. The van der Waals surface area contributed by atoms with Crippen molar-refractivity contribution in [2.75, 3.05) is 0 Å². The summed E-state index contributed by atoms with van der Waals surface area (Å²) in [5.74, 6) is 0. The number of hydrogen-bond acceptors (Lipinski definition) is 9. The molecule has 0 heterocycles. The van der Waals surface area contributed by atoms with Gasteiger partial charge in [-0.05, 0) is 0 Å². The Morgan fingerprint density at radius 3 is 0.571 bits per heavy atom. The molecule has 0 aromatic rings. The molecule has 0 aliphatic heterocycles. The van der Waals surface area contributed by atoms with Crippen molar-refractivity contribution in [1.82, 2.24) is 0 Å². The molecular weight excluding hydrogens is 783 g/mol. The van der Waals surface area contributed by atoms with Crippen LogP contribution in [0.4, 0.5) is 0 Å². The Hall–Kier alpha value is 2.76. The van der Waals surface area contributed by atoms with Crippen LogP contribution < -0.4 is 20.8 Å². The van der Waals surface area contributed by atoms with E-state index in [2.05, 4.69) is 0 Å². The zero-order chi connectivity index (χ0) is 10.7. The van der Waals surface area contributed by atoms with Crippen molar-refractivity contribution in [3.05, 3.63) is 0 Å². The zero-order valence-corrected chi connectivity index (χ0v) is 18.9. The van der Waals surface area contributed by atoms with Crippen molar-refractivity contribution in [1.29, 1.82) is 0 Å². The van der Waals surface area contributed by atoms with E-state index in [0.717, 1.165) is 0 Å². The van der Waals surface area contributed by atoms with Crippen LogP contribution in [0.15, 0.2) is 0 Å².